The number of hydrogen-bond acceptors (Lipinski definition) is 9. The monoisotopic (exact) mass is 666 g/mol. The summed E-state index contributed by atoms with van der Waals surface area (Å²) in [6.45, 7) is 7.24. The Hall–Kier alpha value is -4.39. The summed E-state index contributed by atoms with van der Waals surface area (Å²) in [6.07, 6.45) is 4.00. The summed E-state index contributed by atoms with van der Waals surface area (Å²) in [5.41, 5.74) is 7.17. The van der Waals surface area contributed by atoms with Crippen molar-refractivity contribution in [1.29, 1.82) is 0 Å². The molecule has 6 atom stereocenters. The number of fused-ring (bicyclic) bond motifs is 2. The molecule has 2 amide bonds. The summed E-state index contributed by atoms with van der Waals surface area (Å²) in [6, 6.07) is 6.01. The smallest absolute Gasteiger partial charge is 0.405 e. The van der Waals surface area contributed by atoms with Gasteiger partial charge in [0.1, 0.15) is 11.9 Å². The number of ether oxygens (including phenoxy) is 3. The van der Waals surface area contributed by atoms with Crippen LogP contribution in [0.1, 0.15) is 46.1 Å². The molecule has 2 bridgehead atoms. The maximum Gasteiger partial charge on any atom is 0.405 e. The minimum Gasteiger partial charge on any atom is -0.439 e. The lowest BCUT2D eigenvalue weighted by molar-refractivity contribution is -0.120. The number of hydrogen-bond donors (Lipinski definition) is 4. The number of ketones is 2. The molecule has 1 aromatic rings. The number of aliphatic hydroxyl groups excluding tert-OH is 1. The van der Waals surface area contributed by atoms with Crippen molar-refractivity contribution in [2.24, 2.45) is 17.6 Å². The number of carbonyl (C=O) groups excluding carboxylic acids is 4. The lowest BCUT2D eigenvalue weighted by Crippen LogP contribution is -2.38. The highest BCUT2D eigenvalue weighted by Crippen LogP contribution is 2.29. The third kappa shape index (κ3) is 10.3. The predicted octanol–water partition coefficient (Wildman–Crippen LogP) is 3.73. The van der Waals surface area contributed by atoms with E-state index < -0.39 is 53.9 Å². The normalized spacial score (nSPS) is 29.2. The van der Waals surface area contributed by atoms with Crippen LogP contribution in [0.5, 0.6) is 0 Å². The van der Waals surface area contributed by atoms with Crippen LogP contribution < -0.4 is 16.4 Å². The minimum atomic E-state index is -1.01. The first-order chi connectivity index (χ1) is 22.7. The van der Waals surface area contributed by atoms with E-state index in [9.17, 15) is 28.7 Å². The fraction of sp³-hybridized carbons (Fsp3) is 0.444. The van der Waals surface area contributed by atoms with Gasteiger partial charge < -0.3 is 35.7 Å². The standard InChI is InChI=1S/C36H46FN3O8/c1-20-16-26-31(39-15-14-24-10-12-25(37)13-11-24)28(41)19-27(33(26)43)40-35(44)21(2)8-7-9-29(46-5)34(48-36(38)45)23(4)18-22(3)32(42)30(17-20)47-6/h7-13,18-20,22,29-30,32,34,39,42H,14-17H2,1-6H3,(H2,38,45)(H,40,44)/b9-7-,21-8+,23-18+/t20-,22+,29+,30+,32-,34+/m1/s1/i37-1. The SMILES string of the molecule is CO[C@H]1/C=C\C=C(/C)C(=O)NC2=CC(=O)C(NCCc3ccc([18F])cc3)=C(C[C@@H](C)C[C@H](OC)[C@H](O)[C@@H](C)/C=C(\C)[C@@H]1OC(N)=O)C2=O. The zero-order valence-corrected chi connectivity index (χ0v) is 28.2. The van der Waals surface area contributed by atoms with Crippen LogP contribution in [0.4, 0.5) is 9.18 Å². The molecule has 0 unspecified atom stereocenters. The zero-order valence-electron chi connectivity index (χ0n) is 28.2. The number of methoxy groups -OCH3 is 2. The number of benzene rings is 1. The van der Waals surface area contributed by atoms with E-state index in [4.69, 9.17) is 19.9 Å². The largest absolute Gasteiger partial charge is 0.439 e. The second kappa shape index (κ2) is 17.7. The molecule has 0 saturated carbocycles. The molecule has 0 saturated heterocycles. The van der Waals surface area contributed by atoms with Crippen molar-refractivity contribution in [2.75, 3.05) is 20.8 Å². The van der Waals surface area contributed by atoms with E-state index in [1.165, 1.54) is 39.4 Å². The number of nitrogens with one attached hydrogen (secondary N) is 2. The van der Waals surface area contributed by atoms with Gasteiger partial charge in [0.25, 0.3) is 5.91 Å². The van der Waals surface area contributed by atoms with Gasteiger partial charge in [0.05, 0.1) is 23.6 Å². The number of amides is 2. The van der Waals surface area contributed by atoms with E-state index in [0.29, 0.717) is 25.0 Å². The van der Waals surface area contributed by atoms with E-state index in [1.54, 1.807) is 44.2 Å². The number of aliphatic hydroxyl groups is 1. The topological polar surface area (TPSA) is 166 Å². The number of nitrogens with two attached hydrogens (primary N) is 1. The van der Waals surface area contributed by atoms with Crippen molar-refractivity contribution in [3.05, 3.63) is 94.1 Å². The Labute approximate surface area is 280 Å². The molecule has 0 spiro atoms. The van der Waals surface area contributed by atoms with Crippen molar-refractivity contribution in [1.82, 2.24) is 10.6 Å². The molecule has 0 aromatic heterocycles. The van der Waals surface area contributed by atoms with Crippen LogP contribution >= 0.6 is 0 Å². The Kier molecular flexibility index (Phi) is 14.0. The summed E-state index contributed by atoms with van der Waals surface area (Å²) >= 11 is 0. The highest BCUT2D eigenvalue weighted by atomic mass is 18.2. The molecule has 0 radical (unpaired) electrons. The van der Waals surface area contributed by atoms with Gasteiger partial charge in [0, 0.05) is 43.9 Å². The third-order valence-electron chi connectivity index (χ3n) is 8.42. The van der Waals surface area contributed by atoms with E-state index in [2.05, 4.69) is 10.6 Å². The minimum absolute atomic E-state index is 0.126. The molecule has 12 heteroatoms. The highest BCUT2D eigenvalue weighted by molar-refractivity contribution is 6.23. The van der Waals surface area contributed by atoms with Gasteiger partial charge in [0.15, 0.2) is 6.10 Å². The lowest BCUT2D eigenvalue weighted by Gasteiger charge is -2.30. The fourth-order valence-electron chi connectivity index (χ4n) is 5.76. The second-order valence-corrected chi connectivity index (χ2v) is 12.2. The van der Waals surface area contributed by atoms with E-state index in [0.717, 1.165) is 11.6 Å². The molecule has 1 aliphatic heterocycles. The average Bonchev–Trinajstić information content (AvgIpc) is 3.04. The molecule has 2 aliphatic rings. The predicted molar refractivity (Wildman–Crippen MR) is 178 cm³/mol. The Bertz CT molecular complexity index is 1510. The first kappa shape index (κ1) is 38.1. The van der Waals surface area contributed by atoms with Crippen LogP contribution in [-0.2, 0) is 35.0 Å². The first-order valence-corrected chi connectivity index (χ1v) is 15.8. The average molecular weight is 667 g/mol. The summed E-state index contributed by atoms with van der Waals surface area (Å²) in [4.78, 5) is 52.2. The molecule has 260 valence electrons. The molecule has 3 rings (SSSR count). The Balaban J connectivity index is 2.02. The molecule has 1 aliphatic carbocycles. The second-order valence-electron chi connectivity index (χ2n) is 12.2. The van der Waals surface area contributed by atoms with Gasteiger partial charge in [0.2, 0.25) is 11.6 Å². The quantitative estimate of drug-likeness (QED) is 0.251. The van der Waals surface area contributed by atoms with Gasteiger partial charge in [-0.1, -0.05) is 50.3 Å². The third-order valence-corrected chi connectivity index (χ3v) is 8.42. The molecule has 1 heterocycles. The van der Waals surface area contributed by atoms with E-state index in [-0.39, 0.29) is 40.7 Å². The van der Waals surface area contributed by atoms with Crippen LogP contribution in [0.3, 0.4) is 0 Å². The van der Waals surface area contributed by atoms with Gasteiger partial charge in [-0.3, -0.25) is 14.4 Å². The van der Waals surface area contributed by atoms with Crippen LogP contribution in [0, 0.1) is 17.7 Å². The van der Waals surface area contributed by atoms with Crippen molar-refractivity contribution in [3.8, 4) is 0 Å². The van der Waals surface area contributed by atoms with Gasteiger partial charge in [-0.05, 0) is 62.3 Å². The molecule has 11 nitrogen and oxygen atoms in total. The summed E-state index contributed by atoms with van der Waals surface area (Å²) < 4.78 is 30.0. The van der Waals surface area contributed by atoms with Crippen LogP contribution in [0.2, 0.25) is 0 Å². The van der Waals surface area contributed by atoms with Crippen molar-refractivity contribution < 1.29 is 42.9 Å². The molecule has 0 fully saturated rings. The Morgan fingerprint density at radius 1 is 1.10 bits per heavy atom. The van der Waals surface area contributed by atoms with Crippen molar-refractivity contribution in [2.45, 2.75) is 71.4 Å². The van der Waals surface area contributed by atoms with Gasteiger partial charge in [-0.25, -0.2) is 9.18 Å². The summed E-state index contributed by atoms with van der Waals surface area (Å²) in [5, 5.41) is 17.0. The van der Waals surface area contributed by atoms with Crippen LogP contribution in [0.15, 0.2) is 82.8 Å². The van der Waals surface area contributed by atoms with E-state index in [1.807, 2.05) is 6.92 Å². The number of halogens is 1. The molecule has 5 N–H and O–H groups in total. The number of allylic oxidation sites excluding steroid dienone is 4. The maximum atomic E-state index is 13.8. The summed E-state index contributed by atoms with van der Waals surface area (Å²) in [5.74, 6) is -2.66. The Morgan fingerprint density at radius 2 is 1.79 bits per heavy atom. The molecular weight excluding hydrogens is 620 g/mol. The number of carbonyl (C=O) groups is 4. The zero-order chi connectivity index (χ0) is 35.5. The van der Waals surface area contributed by atoms with Gasteiger partial charge >= 0.3 is 6.09 Å². The van der Waals surface area contributed by atoms with E-state index >= 15 is 0 Å². The van der Waals surface area contributed by atoms with Crippen LogP contribution in [0.25, 0.3) is 0 Å². The number of primary amides is 1. The highest BCUT2D eigenvalue weighted by Gasteiger charge is 2.33. The van der Waals surface area contributed by atoms with Crippen LogP contribution in [-0.4, -0.2) is 73.9 Å². The van der Waals surface area contributed by atoms with Crippen molar-refractivity contribution >= 4 is 23.6 Å². The molecule has 48 heavy (non-hydrogen) atoms. The molecular formula is C36H46FN3O8. The first-order valence-electron chi connectivity index (χ1n) is 15.8. The number of rotatable bonds is 7. The molecule has 1 aromatic carbocycles. The summed E-state index contributed by atoms with van der Waals surface area (Å²) in [7, 11) is 2.90. The fourth-order valence-corrected chi connectivity index (χ4v) is 5.76. The Morgan fingerprint density at radius 3 is 2.42 bits per heavy atom. The van der Waals surface area contributed by atoms with Crippen molar-refractivity contribution in [3.63, 3.8) is 0 Å². The van der Waals surface area contributed by atoms with Gasteiger partial charge in [-0.2, -0.15) is 0 Å². The van der Waals surface area contributed by atoms with Gasteiger partial charge in [-0.15, -0.1) is 0 Å². The maximum absolute atomic E-state index is 13.8. The lowest BCUT2D eigenvalue weighted by atomic mass is 9.85. The number of Topliss-reactive ketones (excluding diaryl/α,β-unsaturated/α-hetero) is 1.